The zero-order chi connectivity index (χ0) is 24.8. The first kappa shape index (κ1) is 26.6. The van der Waals surface area contributed by atoms with E-state index in [2.05, 4.69) is 26.1 Å². The Bertz CT molecular complexity index is 1080. The fourth-order valence-corrected chi connectivity index (χ4v) is 4.25. The van der Waals surface area contributed by atoms with Crippen molar-refractivity contribution in [3.05, 3.63) is 47.0 Å². The number of rotatable bonds is 10. The Balaban J connectivity index is 2.09. The molecule has 0 saturated carbocycles. The minimum Gasteiger partial charge on any atom is -0.495 e. The van der Waals surface area contributed by atoms with Gasteiger partial charge in [-0.3, -0.25) is 9.10 Å². The lowest BCUT2D eigenvalue weighted by Gasteiger charge is -2.25. The highest BCUT2D eigenvalue weighted by Gasteiger charge is 2.26. The molecule has 33 heavy (non-hydrogen) atoms. The normalized spacial score (nSPS) is 11.6. The topological polar surface area (TPSA) is 94.2 Å². The number of sulfonamides is 1. The molecule has 0 aliphatic carbocycles. The molecule has 182 valence electrons. The predicted molar refractivity (Wildman–Crippen MR) is 130 cm³/mol. The predicted octanol–water partition coefficient (Wildman–Crippen LogP) is 3.62. The zero-order valence-corrected chi connectivity index (χ0v) is 21.3. The average Bonchev–Trinajstić information content (AvgIpc) is 2.74. The molecule has 0 spiro atoms. The van der Waals surface area contributed by atoms with Gasteiger partial charge in [0, 0.05) is 12.1 Å². The van der Waals surface area contributed by atoms with E-state index in [-0.39, 0.29) is 40.8 Å². The van der Waals surface area contributed by atoms with E-state index in [4.69, 9.17) is 25.8 Å². The third-order valence-electron chi connectivity index (χ3n) is 4.79. The van der Waals surface area contributed by atoms with E-state index < -0.39 is 22.5 Å². The van der Waals surface area contributed by atoms with Gasteiger partial charge in [-0.1, -0.05) is 50.6 Å². The number of hydrogen-bond acceptors (Lipinski definition) is 6. The van der Waals surface area contributed by atoms with Gasteiger partial charge in [-0.25, -0.2) is 8.42 Å². The number of carbonyl (C=O) groups excluding carboxylic acids is 1. The van der Waals surface area contributed by atoms with E-state index in [9.17, 15) is 13.2 Å². The van der Waals surface area contributed by atoms with Gasteiger partial charge >= 0.3 is 0 Å². The quantitative estimate of drug-likeness (QED) is 0.503. The molecule has 0 atom stereocenters. The molecule has 0 bridgehead atoms. The molecule has 2 rings (SSSR count). The number of carbonyl (C=O) groups is 1. The summed E-state index contributed by atoms with van der Waals surface area (Å²) in [5.41, 5.74) is 1.12. The average molecular weight is 499 g/mol. The van der Waals surface area contributed by atoms with Crippen LogP contribution in [0.15, 0.2) is 36.4 Å². The van der Waals surface area contributed by atoms with Crippen LogP contribution in [0.1, 0.15) is 26.3 Å². The number of amides is 1. The number of halogens is 1. The van der Waals surface area contributed by atoms with Crippen molar-refractivity contribution in [3.8, 4) is 17.2 Å². The van der Waals surface area contributed by atoms with Gasteiger partial charge < -0.3 is 19.5 Å². The lowest BCUT2D eigenvalue weighted by Crippen LogP contribution is -2.41. The molecule has 0 heterocycles. The smallest absolute Gasteiger partial charge is 0.240 e. The Morgan fingerprint density at radius 3 is 2.27 bits per heavy atom. The van der Waals surface area contributed by atoms with Gasteiger partial charge in [0.1, 0.15) is 30.4 Å². The van der Waals surface area contributed by atoms with Gasteiger partial charge in [0.15, 0.2) is 0 Å². The van der Waals surface area contributed by atoms with Crippen molar-refractivity contribution >= 4 is 33.2 Å². The summed E-state index contributed by atoms with van der Waals surface area (Å²) in [6.45, 7) is 6.27. The number of nitrogens with one attached hydrogen (secondary N) is 1. The lowest BCUT2D eigenvalue weighted by atomic mass is 9.86. The molecule has 0 aliphatic rings. The summed E-state index contributed by atoms with van der Waals surface area (Å²) in [5.74, 6) is 0.702. The van der Waals surface area contributed by atoms with Crippen molar-refractivity contribution in [2.45, 2.75) is 26.2 Å². The van der Waals surface area contributed by atoms with E-state index in [0.29, 0.717) is 0 Å². The second kappa shape index (κ2) is 11.0. The summed E-state index contributed by atoms with van der Waals surface area (Å²) in [6.07, 6.45) is 1.01. The molecule has 0 aromatic heterocycles. The Hall–Kier alpha value is -2.65. The molecule has 1 N–H and O–H groups in total. The van der Waals surface area contributed by atoms with Crippen molar-refractivity contribution in [2.75, 3.05) is 44.5 Å². The van der Waals surface area contributed by atoms with Crippen LogP contribution in [0.25, 0.3) is 0 Å². The van der Waals surface area contributed by atoms with Crippen LogP contribution in [0, 0.1) is 0 Å². The number of anilines is 1. The van der Waals surface area contributed by atoms with Gasteiger partial charge in [-0.05, 0) is 17.0 Å². The standard InChI is InChI=1S/C23H31ClN2O6S/c1-23(2,3)16-9-7-8-10-19(16)32-12-11-25-22(27)15-26(33(6,28)29)18-14-20(30-4)17(24)13-21(18)31-5/h7-10,13-14H,11-12,15H2,1-6H3,(H,25,27). The molecule has 0 saturated heterocycles. The fourth-order valence-electron chi connectivity index (χ4n) is 3.17. The maximum atomic E-state index is 12.6. The van der Waals surface area contributed by atoms with Crippen LogP contribution in [0.4, 0.5) is 5.69 Å². The second-order valence-corrected chi connectivity index (χ2v) is 10.7. The third kappa shape index (κ3) is 7.17. The van der Waals surface area contributed by atoms with Crippen molar-refractivity contribution in [1.29, 1.82) is 0 Å². The van der Waals surface area contributed by atoms with E-state index in [1.807, 2.05) is 24.3 Å². The van der Waals surface area contributed by atoms with E-state index >= 15 is 0 Å². The molecule has 0 aliphatic heterocycles. The molecule has 10 heteroatoms. The Labute approximate surface area is 200 Å². The Kier molecular flexibility index (Phi) is 8.85. The van der Waals surface area contributed by atoms with Gasteiger partial charge in [0.2, 0.25) is 15.9 Å². The molecule has 0 unspecified atom stereocenters. The molecule has 2 aromatic carbocycles. The first-order valence-corrected chi connectivity index (χ1v) is 12.5. The van der Waals surface area contributed by atoms with Gasteiger partial charge in [-0.15, -0.1) is 0 Å². The minimum atomic E-state index is -3.82. The van der Waals surface area contributed by atoms with Crippen LogP contribution in [0.3, 0.4) is 0 Å². The molecule has 2 aromatic rings. The number of nitrogens with zero attached hydrogens (tertiary/aromatic N) is 1. The van der Waals surface area contributed by atoms with Crippen molar-refractivity contribution < 1.29 is 27.4 Å². The second-order valence-electron chi connectivity index (χ2n) is 8.37. The maximum absolute atomic E-state index is 12.6. The number of para-hydroxylation sites is 1. The summed E-state index contributed by atoms with van der Waals surface area (Å²) in [4.78, 5) is 12.6. The van der Waals surface area contributed by atoms with Crippen LogP contribution in [0.2, 0.25) is 5.02 Å². The van der Waals surface area contributed by atoms with Gasteiger partial charge in [0.05, 0.1) is 37.7 Å². The lowest BCUT2D eigenvalue weighted by molar-refractivity contribution is -0.119. The van der Waals surface area contributed by atoms with Crippen molar-refractivity contribution in [3.63, 3.8) is 0 Å². The molecule has 8 nitrogen and oxygen atoms in total. The summed E-state index contributed by atoms with van der Waals surface area (Å²) < 4.78 is 42.2. The van der Waals surface area contributed by atoms with E-state index in [0.717, 1.165) is 21.9 Å². The minimum absolute atomic E-state index is 0.0888. The summed E-state index contributed by atoms with van der Waals surface area (Å²) in [6, 6.07) is 10.6. The maximum Gasteiger partial charge on any atom is 0.240 e. The number of benzene rings is 2. The van der Waals surface area contributed by atoms with Gasteiger partial charge in [0.25, 0.3) is 0 Å². The van der Waals surface area contributed by atoms with Crippen LogP contribution in [-0.4, -0.2) is 54.5 Å². The zero-order valence-electron chi connectivity index (χ0n) is 19.8. The van der Waals surface area contributed by atoms with Crippen LogP contribution in [-0.2, 0) is 20.2 Å². The van der Waals surface area contributed by atoms with E-state index in [1.165, 1.54) is 26.4 Å². The van der Waals surface area contributed by atoms with Crippen molar-refractivity contribution in [1.82, 2.24) is 5.32 Å². The van der Waals surface area contributed by atoms with Crippen LogP contribution in [0.5, 0.6) is 17.2 Å². The summed E-state index contributed by atoms with van der Waals surface area (Å²) in [5, 5.41) is 2.95. The van der Waals surface area contributed by atoms with Crippen molar-refractivity contribution in [2.24, 2.45) is 0 Å². The van der Waals surface area contributed by atoms with Crippen LogP contribution >= 0.6 is 11.6 Å². The van der Waals surface area contributed by atoms with Gasteiger partial charge in [-0.2, -0.15) is 0 Å². The molecule has 0 fully saturated rings. The Morgan fingerprint density at radius 2 is 1.70 bits per heavy atom. The highest BCUT2D eigenvalue weighted by molar-refractivity contribution is 7.92. The summed E-state index contributed by atoms with van der Waals surface area (Å²) >= 11 is 6.11. The number of ether oxygens (including phenoxy) is 3. The highest BCUT2D eigenvalue weighted by Crippen LogP contribution is 2.39. The first-order valence-electron chi connectivity index (χ1n) is 10.3. The Morgan fingerprint density at radius 1 is 1.06 bits per heavy atom. The fraction of sp³-hybridized carbons (Fsp3) is 0.435. The molecule has 0 radical (unpaired) electrons. The third-order valence-corrected chi connectivity index (χ3v) is 6.21. The number of methoxy groups -OCH3 is 2. The molecular weight excluding hydrogens is 468 g/mol. The highest BCUT2D eigenvalue weighted by atomic mass is 35.5. The largest absolute Gasteiger partial charge is 0.495 e. The SMILES string of the molecule is COc1cc(N(CC(=O)NCCOc2ccccc2C(C)(C)C)S(C)(=O)=O)c(OC)cc1Cl. The monoisotopic (exact) mass is 498 g/mol. The molecule has 1 amide bonds. The first-order chi connectivity index (χ1) is 15.4. The molecular formula is C23H31ClN2O6S. The van der Waals surface area contributed by atoms with Crippen LogP contribution < -0.4 is 23.8 Å². The summed E-state index contributed by atoms with van der Waals surface area (Å²) in [7, 11) is -1.02. The van der Waals surface area contributed by atoms with E-state index in [1.54, 1.807) is 0 Å². The number of hydrogen-bond donors (Lipinski definition) is 1.